The largest absolute Gasteiger partial charge is 0.416 e. The van der Waals surface area contributed by atoms with Gasteiger partial charge in [0.25, 0.3) is 0 Å². The molecule has 1 aromatic heterocycles. The van der Waals surface area contributed by atoms with Gasteiger partial charge in [0.15, 0.2) is 0 Å². The summed E-state index contributed by atoms with van der Waals surface area (Å²) in [4.78, 5) is 3.94. The number of halogens is 4. The number of nitrogens with zero attached hydrogens (tertiary/aromatic N) is 2. The molecule has 0 aliphatic heterocycles. The Labute approximate surface area is 154 Å². The second-order valence-corrected chi connectivity index (χ2v) is 6.11. The van der Waals surface area contributed by atoms with E-state index >= 15 is 0 Å². The van der Waals surface area contributed by atoms with Crippen molar-refractivity contribution >= 4 is 11.6 Å². The molecule has 3 aromatic rings. The summed E-state index contributed by atoms with van der Waals surface area (Å²) in [5, 5.41) is 0.395. The van der Waals surface area contributed by atoms with Crippen LogP contribution in [0.4, 0.5) is 13.2 Å². The van der Waals surface area contributed by atoms with E-state index in [1.165, 1.54) is 6.07 Å². The first-order valence-corrected chi connectivity index (χ1v) is 8.31. The van der Waals surface area contributed by atoms with Crippen molar-refractivity contribution in [3.05, 3.63) is 77.3 Å². The number of alkyl halides is 3. The summed E-state index contributed by atoms with van der Waals surface area (Å²) in [7, 11) is 0. The van der Waals surface area contributed by atoms with Crippen LogP contribution in [0.1, 0.15) is 11.1 Å². The van der Waals surface area contributed by atoms with Gasteiger partial charge in [-0.1, -0.05) is 35.9 Å². The van der Waals surface area contributed by atoms with Gasteiger partial charge in [-0.25, -0.2) is 4.98 Å². The Morgan fingerprint density at radius 3 is 2.58 bits per heavy atom. The normalized spacial score (nSPS) is 11.7. The first-order chi connectivity index (χ1) is 12.4. The Morgan fingerprint density at radius 1 is 1.08 bits per heavy atom. The highest BCUT2D eigenvalue weighted by Gasteiger charge is 2.31. The summed E-state index contributed by atoms with van der Waals surface area (Å²) < 4.78 is 46.8. The second-order valence-electron chi connectivity index (χ2n) is 5.70. The molecule has 0 saturated carbocycles. The first kappa shape index (κ1) is 18.5. The summed E-state index contributed by atoms with van der Waals surface area (Å²) in [6.07, 6.45) is 0.746. The molecule has 0 fully saturated rings. The SMILES string of the molecule is FC(F)(F)c1ccc(COCCn2ccnc2)c(-c2ccccc2Cl)c1. The first-order valence-electron chi connectivity index (χ1n) is 7.93. The van der Waals surface area contributed by atoms with Crippen LogP contribution >= 0.6 is 11.6 Å². The summed E-state index contributed by atoms with van der Waals surface area (Å²) in [5.41, 5.74) is 0.910. The maximum atomic E-state index is 13.1. The zero-order chi connectivity index (χ0) is 18.6. The Hall–Kier alpha value is -2.31. The predicted octanol–water partition coefficient (Wildman–Crippen LogP) is 5.44. The maximum absolute atomic E-state index is 13.1. The van der Waals surface area contributed by atoms with Crippen molar-refractivity contribution in [1.29, 1.82) is 0 Å². The number of rotatable bonds is 6. The molecule has 7 heteroatoms. The van der Waals surface area contributed by atoms with Gasteiger partial charge in [-0.2, -0.15) is 13.2 Å². The third-order valence-electron chi connectivity index (χ3n) is 3.91. The Bertz CT molecular complexity index is 863. The zero-order valence-corrected chi connectivity index (χ0v) is 14.5. The zero-order valence-electron chi connectivity index (χ0n) is 13.7. The second kappa shape index (κ2) is 7.93. The van der Waals surface area contributed by atoms with Crippen LogP contribution < -0.4 is 0 Å². The van der Waals surface area contributed by atoms with Crippen molar-refractivity contribution < 1.29 is 17.9 Å². The molecule has 1 heterocycles. The van der Waals surface area contributed by atoms with Gasteiger partial charge >= 0.3 is 6.18 Å². The van der Waals surface area contributed by atoms with E-state index in [4.69, 9.17) is 16.3 Å². The van der Waals surface area contributed by atoms with Crippen LogP contribution in [0, 0.1) is 0 Å². The number of imidazole rings is 1. The lowest BCUT2D eigenvalue weighted by Gasteiger charge is -2.15. The highest BCUT2D eigenvalue weighted by atomic mass is 35.5. The number of ether oxygens (including phenoxy) is 1. The highest BCUT2D eigenvalue weighted by molar-refractivity contribution is 6.33. The van der Waals surface area contributed by atoms with Crippen molar-refractivity contribution in [1.82, 2.24) is 9.55 Å². The van der Waals surface area contributed by atoms with E-state index in [0.29, 0.717) is 34.9 Å². The number of hydrogen-bond donors (Lipinski definition) is 0. The summed E-state index contributed by atoms with van der Waals surface area (Å²) >= 11 is 6.19. The van der Waals surface area contributed by atoms with Gasteiger partial charge < -0.3 is 9.30 Å². The standard InChI is InChI=1S/C19H16ClF3N2O/c20-18-4-2-1-3-16(18)17-11-15(19(21,22)23)6-5-14(17)12-26-10-9-25-8-7-24-13-25/h1-8,11,13H,9-10,12H2. The Balaban J connectivity index is 1.83. The van der Waals surface area contributed by atoms with E-state index in [1.807, 2.05) is 10.8 Å². The quantitative estimate of drug-likeness (QED) is 0.532. The van der Waals surface area contributed by atoms with Gasteiger partial charge in [0.1, 0.15) is 0 Å². The molecule has 3 nitrogen and oxygen atoms in total. The van der Waals surface area contributed by atoms with E-state index in [9.17, 15) is 13.2 Å². The molecule has 0 radical (unpaired) electrons. The fraction of sp³-hybridized carbons (Fsp3) is 0.211. The fourth-order valence-corrected chi connectivity index (χ4v) is 2.82. The number of aromatic nitrogens is 2. The molecular formula is C19H16ClF3N2O. The molecule has 0 spiro atoms. The molecule has 0 unspecified atom stereocenters. The molecule has 26 heavy (non-hydrogen) atoms. The van der Waals surface area contributed by atoms with Gasteiger partial charge in [-0.15, -0.1) is 0 Å². The minimum absolute atomic E-state index is 0.188. The summed E-state index contributed by atoms with van der Waals surface area (Å²) in [6, 6.07) is 10.5. The van der Waals surface area contributed by atoms with E-state index < -0.39 is 11.7 Å². The van der Waals surface area contributed by atoms with E-state index in [1.54, 1.807) is 36.8 Å². The monoisotopic (exact) mass is 380 g/mol. The van der Waals surface area contributed by atoms with Crippen LogP contribution in [-0.2, 0) is 24.1 Å². The summed E-state index contributed by atoms with van der Waals surface area (Å²) in [6.45, 7) is 1.22. The molecule has 0 amide bonds. The minimum Gasteiger partial charge on any atom is -0.375 e. The molecule has 0 bridgehead atoms. The molecule has 136 valence electrons. The molecule has 0 atom stereocenters. The lowest BCUT2D eigenvalue weighted by molar-refractivity contribution is -0.137. The van der Waals surface area contributed by atoms with E-state index in [2.05, 4.69) is 4.98 Å². The Morgan fingerprint density at radius 2 is 1.88 bits per heavy atom. The molecular weight excluding hydrogens is 365 g/mol. The van der Waals surface area contributed by atoms with Gasteiger partial charge in [-0.05, 0) is 29.3 Å². The van der Waals surface area contributed by atoms with E-state index in [0.717, 1.165) is 12.1 Å². The smallest absolute Gasteiger partial charge is 0.375 e. The van der Waals surface area contributed by atoms with Gasteiger partial charge in [0.2, 0.25) is 0 Å². The lowest BCUT2D eigenvalue weighted by atomic mass is 9.97. The van der Waals surface area contributed by atoms with Crippen molar-refractivity contribution in [3.8, 4) is 11.1 Å². The predicted molar refractivity (Wildman–Crippen MR) is 93.8 cm³/mol. The fourth-order valence-electron chi connectivity index (χ4n) is 2.58. The molecule has 0 aliphatic carbocycles. The van der Waals surface area contributed by atoms with Gasteiger partial charge in [0.05, 0.1) is 25.1 Å². The third kappa shape index (κ3) is 4.45. The van der Waals surface area contributed by atoms with Gasteiger partial charge in [-0.3, -0.25) is 0 Å². The molecule has 0 N–H and O–H groups in total. The van der Waals surface area contributed by atoms with Crippen molar-refractivity contribution in [2.75, 3.05) is 6.61 Å². The van der Waals surface area contributed by atoms with Crippen molar-refractivity contribution in [3.63, 3.8) is 0 Å². The summed E-state index contributed by atoms with van der Waals surface area (Å²) in [5.74, 6) is 0. The van der Waals surface area contributed by atoms with Crippen LogP contribution in [0.2, 0.25) is 5.02 Å². The van der Waals surface area contributed by atoms with Crippen molar-refractivity contribution in [2.24, 2.45) is 0 Å². The average Bonchev–Trinajstić information content (AvgIpc) is 3.12. The van der Waals surface area contributed by atoms with Crippen LogP contribution in [0.15, 0.2) is 61.2 Å². The number of hydrogen-bond acceptors (Lipinski definition) is 2. The molecule has 2 aromatic carbocycles. The molecule has 3 rings (SSSR count). The average molecular weight is 381 g/mol. The van der Waals surface area contributed by atoms with Crippen LogP contribution in [-0.4, -0.2) is 16.2 Å². The van der Waals surface area contributed by atoms with Crippen LogP contribution in [0.5, 0.6) is 0 Å². The van der Waals surface area contributed by atoms with Crippen LogP contribution in [0.25, 0.3) is 11.1 Å². The number of benzene rings is 2. The van der Waals surface area contributed by atoms with Crippen molar-refractivity contribution in [2.45, 2.75) is 19.3 Å². The lowest BCUT2D eigenvalue weighted by Crippen LogP contribution is -2.08. The van der Waals surface area contributed by atoms with Gasteiger partial charge in [0, 0.05) is 29.5 Å². The molecule has 0 aliphatic rings. The topological polar surface area (TPSA) is 27.1 Å². The van der Waals surface area contributed by atoms with E-state index in [-0.39, 0.29) is 6.61 Å². The van der Waals surface area contributed by atoms with Crippen LogP contribution in [0.3, 0.4) is 0 Å². The minimum atomic E-state index is -4.42. The Kier molecular flexibility index (Phi) is 5.64. The molecule has 0 saturated heterocycles. The third-order valence-corrected chi connectivity index (χ3v) is 4.24. The maximum Gasteiger partial charge on any atom is 0.416 e. The highest BCUT2D eigenvalue weighted by Crippen LogP contribution is 2.36.